The molecule has 0 aromatic carbocycles. The Morgan fingerprint density at radius 2 is 2.12 bits per heavy atom. The fourth-order valence-corrected chi connectivity index (χ4v) is 2.77. The van der Waals surface area contributed by atoms with Crippen LogP contribution in [0, 0.1) is 0 Å². The summed E-state index contributed by atoms with van der Waals surface area (Å²) in [6, 6.07) is 4.15. The van der Waals surface area contributed by atoms with Crippen LogP contribution in [0.1, 0.15) is 32.8 Å². The van der Waals surface area contributed by atoms with Crippen LogP contribution in [0.25, 0.3) is 0 Å². The first kappa shape index (κ1) is 21.0. The predicted octanol–water partition coefficient (Wildman–Crippen LogP) is 2.08. The van der Waals surface area contributed by atoms with Crippen molar-refractivity contribution in [1.82, 2.24) is 15.2 Å². The smallest absolute Gasteiger partial charge is 0.194 e. The summed E-state index contributed by atoms with van der Waals surface area (Å²) in [5.41, 5.74) is 1.09. The molecule has 2 rings (SSSR count). The molecule has 0 radical (unpaired) electrons. The Morgan fingerprint density at radius 3 is 2.62 bits per heavy atom. The summed E-state index contributed by atoms with van der Waals surface area (Å²) < 4.78 is 0. The number of aliphatic hydroxyl groups excluding tert-OH is 1. The van der Waals surface area contributed by atoms with E-state index >= 15 is 0 Å². The van der Waals surface area contributed by atoms with Crippen LogP contribution in [0.15, 0.2) is 23.3 Å². The number of aliphatic hydroxyl groups is 1. The average Bonchev–Trinajstić information content (AvgIpc) is 3.00. The van der Waals surface area contributed by atoms with Gasteiger partial charge in [-0.25, -0.2) is 9.98 Å². The summed E-state index contributed by atoms with van der Waals surface area (Å²) in [7, 11) is 0. The highest BCUT2D eigenvalue weighted by Crippen LogP contribution is 2.13. The van der Waals surface area contributed by atoms with Gasteiger partial charge in [-0.2, -0.15) is 0 Å². The van der Waals surface area contributed by atoms with E-state index in [0.717, 1.165) is 49.9 Å². The monoisotopic (exact) mass is 447 g/mol. The SMILES string of the molecule is CCNC(=NCc1ccc(N(CC)CC)nc1)N1CC[C@@H](O)C1.I. The molecule has 1 aliphatic rings. The predicted molar refractivity (Wildman–Crippen MR) is 110 cm³/mol. The number of pyridine rings is 1. The van der Waals surface area contributed by atoms with Crippen LogP contribution < -0.4 is 10.2 Å². The maximum Gasteiger partial charge on any atom is 0.194 e. The molecule has 0 bridgehead atoms. The Labute approximate surface area is 162 Å². The van der Waals surface area contributed by atoms with Gasteiger partial charge >= 0.3 is 0 Å². The van der Waals surface area contributed by atoms with E-state index in [2.05, 4.69) is 58.0 Å². The highest BCUT2D eigenvalue weighted by atomic mass is 127. The van der Waals surface area contributed by atoms with E-state index in [0.29, 0.717) is 13.1 Å². The second-order valence-corrected chi connectivity index (χ2v) is 5.76. The molecule has 2 N–H and O–H groups in total. The van der Waals surface area contributed by atoms with Crippen LogP contribution >= 0.6 is 24.0 Å². The van der Waals surface area contributed by atoms with E-state index in [9.17, 15) is 5.11 Å². The zero-order valence-corrected chi connectivity index (χ0v) is 17.2. The van der Waals surface area contributed by atoms with Crippen molar-refractivity contribution in [2.45, 2.75) is 39.8 Å². The minimum atomic E-state index is -0.242. The second-order valence-electron chi connectivity index (χ2n) is 5.76. The van der Waals surface area contributed by atoms with E-state index in [4.69, 9.17) is 0 Å². The van der Waals surface area contributed by atoms with Gasteiger partial charge in [0.2, 0.25) is 0 Å². The molecule has 6 nitrogen and oxygen atoms in total. The number of nitrogens with zero attached hydrogens (tertiary/aromatic N) is 4. The molecule has 1 aliphatic heterocycles. The molecule has 136 valence electrons. The van der Waals surface area contributed by atoms with Crippen molar-refractivity contribution in [2.75, 3.05) is 37.6 Å². The van der Waals surface area contributed by atoms with Gasteiger partial charge in [-0.1, -0.05) is 6.07 Å². The average molecular weight is 447 g/mol. The quantitative estimate of drug-likeness (QED) is 0.397. The van der Waals surface area contributed by atoms with Crippen molar-refractivity contribution in [3.63, 3.8) is 0 Å². The number of hydrogen-bond acceptors (Lipinski definition) is 4. The lowest BCUT2D eigenvalue weighted by Crippen LogP contribution is -2.40. The van der Waals surface area contributed by atoms with Gasteiger partial charge in [0.15, 0.2) is 5.96 Å². The Morgan fingerprint density at radius 1 is 1.38 bits per heavy atom. The van der Waals surface area contributed by atoms with Gasteiger partial charge in [-0.3, -0.25) is 0 Å². The number of aliphatic imine (C=N–C) groups is 1. The minimum absolute atomic E-state index is 0. The lowest BCUT2D eigenvalue weighted by molar-refractivity contribution is 0.188. The molecule has 1 atom stereocenters. The standard InChI is InChI=1S/C17H29N5O.HI/c1-4-18-17(22-10-9-15(23)13-22)20-12-14-7-8-16(19-11-14)21(5-2)6-3;/h7-8,11,15,23H,4-6,9-10,12-13H2,1-3H3,(H,18,20);1H/t15-;/m1./s1. The van der Waals surface area contributed by atoms with Gasteiger partial charge < -0.3 is 20.2 Å². The molecule has 0 saturated carbocycles. The van der Waals surface area contributed by atoms with Crippen LogP contribution in [-0.4, -0.2) is 59.8 Å². The molecule has 1 saturated heterocycles. The lowest BCUT2D eigenvalue weighted by atomic mass is 10.3. The number of aromatic nitrogens is 1. The summed E-state index contributed by atoms with van der Waals surface area (Å²) >= 11 is 0. The molecule has 1 fully saturated rings. The van der Waals surface area contributed by atoms with Crippen LogP contribution in [0.2, 0.25) is 0 Å². The Kier molecular flexibility index (Phi) is 9.35. The van der Waals surface area contributed by atoms with Crippen LogP contribution in [-0.2, 0) is 6.54 Å². The van der Waals surface area contributed by atoms with E-state index in [1.165, 1.54) is 0 Å². The van der Waals surface area contributed by atoms with Gasteiger partial charge in [0, 0.05) is 38.9 Å². The third-order valence-electron chi connectivity index (χ3n) is 4.11. The van der Waals surface area contributed by atoms with Crippen molar-refractivity contribution in [3.05, 3.63) is 23.9 Å². The van der Waals surface area contributed by atoms with E-state index in [1.54, 1.807) is 0 Å². The zero-order valence-electron chi connectivity index (χ0n) is 14.9. The van der Waals surface area contributed by atoms with Crippen molar-refractivity contribution >= 4 is 35.8 Å². The topological polar surface area (TPSA) is 64.0 Å². The fourth-order valence-electron chi connectivity index (χ4n) is 2.77. The number of halogens is 1. The Balaban J connectivity index is 0.00000288. The first-order valence-electron chi connectivity index (χ1n) is 8.59. The number of anilines is 1. The van der Waals surface area contributed by atoms with Crippen LogP contribution in [0.4, 0.5) is 5.82 Å². The zero-order chi connectivity index (χ0) is 16.7. The van der Waals surface area contributed by atoms with Crippen LogP contribution in [0.3, 0.4) is 0 Å². The summed E-state index contributed by atoms with van der Waals surface area (Å²) in [6.45, 7) is 11.2. The van der Waals surface area contributed by atoms with Crippen LogP contribution in [0.5, 0.6) is 0 Å². The second kappa shape index (κ2) is 10.7. The third-order valence-corrected chi connectivity index (χ3v) is 4.11. The van der Waals surface area contributed by atoms with Crippen molar-refractivity contribution in [3.8, 4) is 0 Å². The summed E-state index contributed by atoms with van der Waals surface area (Å²) in [5.74, 6) is 1.88. The number of guanidine groups is 1. The summed E-state index contributed by atoms with van der Waals surface area (Å²) in [4.78, 5) is 13.6. The number of nitrogens with one attached hydrogen (secondary N) is 1. The van der Waals surface area contributed by atoms with E-state index < -0.39 is 0 Å². The molecule has 1 aromatic heterocycles. The lowest BCUT2D eigenvalue weighted by Gasteiger charge is -2.21. The van der Waals surface area contributed by atoms with E-state index in [-0.39, 0.29) is 30.1 Å². The fraction of sp³-hybridized carbons (Fsp3) is 0.647. The molecule has 0 aliphatic carbocycles. The van der Waals surface area contributed by atoms with Gasteiger partial charge in [0.1, 0.15) is 5.82 Å². The highest BCUT2D eigenvalue weighted by molar-refractivity contribution is 14.0. The summed E-state index contributed by atoms with van der Waals surface area (Å²) in [6.07, 6.45) is 2.47. The molecule has 7 heteroatoms. The van der Waals surface area contributed by atoms with E-state index in [1.807, 2.05) is 6.20 Å². The molecule has 1 aromatic rings. The number of likely N-dealkylation sites (tertiary alicyclic amines) is 1. The highest BCUT2D eigenvalue weighted by Gasteiger charge is 2.22. The molecule has 0 spiro atoms. The number of β-amino-alcohol motifs (C(OH)–C–C–N with tert-alkyl or cyclic N) is 1. The maximum absolute atomic E-state index is 9.69. The molecular formula is C17H30IN5O. The molecule has 2 heterocycles. The first-order valence-corrected chi connectivity index (χ1v) is 8.59. The molecular weight excluding hydrogens is 417 g/mol. The Hall–Kier alpha value is -1.09. The van der Waals surface area contributed by atoms with Crippen molar-refractivity contribution in [2.24, 2.45) is 4.99 Å². The maximum atomic E-state index is 9.69. The molecule has 24 heavy (non-hydrogen) atoms. The Bertz CT molecular complexity index is 504. The largest absolute Gasteiger partial charge is 0.391 e. The van der Waals surface area contributed by atoms with Crippen molar-refractivity contribution in [1.29, 1.82) is 0 Å². The van der Waals surface area contributed by atoms with Crippen molar-refractivity contribution < 1.29 is 5.11 Å². The van der Waals surface area contributed by atoms with Gasteiger partial charge in [-0.05, 0) is 38.8 Å². The normalized spacial score (nSPS) is 17.6. The molecule has 0 unspecified atom stereocenters. The van der Waals surface area contributed by atoms with Gasteiger partial charge in [0.25, 0.3) is 0 Å². The third kappa shape index (κ3) is 5.77. The van der Waals surface area contributed by atoms with Gasteiger partial charge in [0.05, 0.1) is 12.6 Å². The van der Waals surface area contributed by atoms with Gasteiger partial charge in [-0.15, -0.1) is 24.0 Å². The minimum Gasteiger partial charge on any atom is -0.391 e. The molecule has 0 amide bonds. The number of rotatable bonds is 6. The number of hydrogen-bond donors (Lipinski definition) is 2. The summed E-state index contributed by atoms with van der Waals surface area (Å²) in [5, 5.41) is 13.0. The first-order chi connectivity index (χ1) is 11.2.